The molecule has 7 heteroatoms. The molecule has 31 heavy (non-hydrogen) atoms. The predicted molar refractivity (Wildman–Crippen MR) is 119 cm³/mol. The number of aromatic nitrogens is 1. The lowest BCUT2D eigenvalue weighted by atomic mass is 10.1. The zero-order valence-corrected chi connectivity index (χ0v) is 18.1. The van der Waals surface area contributed by atoms with Gasteiger partial charge in [-0.1, -0.05) is 29.8 Å². The van der Waals surface area contributed by atoms with Gasteiger partial charge in [-0.05, 0) is 37.5 Å². The number of carbonyl (C=O) groups is 2. The Morgan fingerprint density at radius 2 is 1.77 bits per heavy atom. The van der Waals surface area contributed by atoms with Crippen LogP contribution in [0.3, 0.4) is 0 Å². The lowest BCUT2D eigenvalue weighted by Crippen LogP contribution is -2.49. The Balaban J connectivity index is 1.26. The third kappa shape index (κ3) is 5.41. The topological polar surface area (TPSA) is 66.0 Å². The predicted octanol–water partition coefficient (Wildman–Crippen LogP) is 2.49. The minimum Gasteiger partial charge on any atom is -0.452 e. The molecule has 2 aromatic rings. The first-order valence-electron chi connectivity index (χ1n) is 11.0. The third-order valence-corrected chi connectivity index (χ3v) is 5.95. The molecule has 0 saturated carbocycles. The van der Waals surface area contributed by atoms with Crippen LogP contribution in [-0.2, 0) is 16.1 Å². The van der Waals surface area contributed by atoms with E-state index >= 15 is 0 Å². The zero-order valence-electron chi connectivity index (χ0n) is 18.1. The number of hydrogen-bond donors (Lipinski definition) is 0. The average molecular weight is 423 g/mol. The SMILES string of the molecule is Cc1cccc(CN2CCN(C(=O)COC(=O)c3cccnc3N3CCCC3)CC2)c1. The van der Waals surface area contributed by atoms with Gasteiger partial charge in [0.1, 0.15) is 11.4 Å². The van der Waals surface area contributed by atoms with Crippen molar-refractivity contribution in [1.82, 2.24) is 14.8 Å². The summed E-state index contributed by atoms with van der Waals surface area (Å²) in [5.41, 5.74) is 2.98. The van der Waals surface area contributed by atoms with Crippen LogP contribution in [-0.4, -0.2) is 72.5 Å². The normalized spacial score (nSPS) is 17.1. The van der Waals surface area contributed by atoms with Gasteiger partial charge in [-0.2, -0.15) is 0 Å². The van der Waals surface area contributed by atoms with Gasteiger partial charge in [0.15, 0.2) is 6.61 Å². The van der Waals surface area contributed by atoms with Crippen molar-refractivity contribution in [2.75, 3.05) is 50.8 Å². The zero-order chi connectivity index (χ0) is 21.6. The summed E-state index contributed by atoms with van der Waals surface area (Å²) in [5, 5.41) is 0. The molecule has 0 bridgehead atoms. The number of amides is 1. The first-order valence-corrected chi connectivity index (χ1v) is 11.0. The van der Waals surface area contributed by atoms with E-state index in [0.29, 0.717) is 24.5 Å². The number of nitrogens with zero attached hydrogens (tertiary/aromatic N) is 4. The number of aryl methyl sites for hydroxylation is 1. The van der Waals surface area contributed by atoms with E-state index in [9.17, 15) is 9.59 Å². The van der Waals surface area contributed by atoms with Gasteiger partial charge in [0.25, 0.3) is 5.91 Å². The van der Waals surface area contributed by atoms with Crippen LogP contribution in [0.2, 0.25) is 0 Å². The van der Waals surface area contributed by atoms with Crippen molar-refractivity contribution in [3.63, 3.8) is 0 Å². The number of piperazine rings is 1. The van der Waals surface area contributed by atoms with E-state index in [2.05, 4.69) is 46.0 Å². The van der Waals surface area contributed by atoms with Crippen molar-refractivity contribution in [3.8, 4) is 0 Å². The molecule has 164 valence electrons. The molecule has 0 N–H and O–H groups in total. The molecule has 0 atom stereocenters. The van der Waals surface area contributed by atoms with Crippen molar-refractivity contribution < 1.29 is 14.3 Å². The summed E-state index contributed by atoms with van der Waals surface area (Å²) < 4.78 is 5.37. The second kappa shape index (κ2) is 9.92. The first kappa shape index (κ1) is 21.3. The van der Waals surface area contributed by atoms with Crippen molar-refractivity contribution in [2.24, 2.45) is 0 Å². The summed E-state index contributed by atoms with van der Waals surface area (Å²) in [6.45, 7) is 7.46. The molecular weight excluding hydrogens is 392 g/mol. The average Bonchev–Trinajstić information content (AvgIpc) is 3.33. The summed E-state index contributed by atoms with van der Waals surface area (Å²) >= 11 is 0. The fourth-order valence-corrected chi connectivity index (χ4v) is 4.26. The highest BCUT2D eigenvalue weighted by atomic mass is 16.5. The van der Waals surface area contributed by atoms with Crippen molar-refractivity contribution in [2.45, 2.75) is 26.3 Å². The molecule has 1 aromatic carbocycles. The molecule has 2 aliphatic heterocycles. The van der Waals surface area contributed by atoms with E-state index in [-0.39, 0.29) is 12.5 Å². The summed E-state index contributed by atoms with van der Waals surface area (Å²) in [7, 11) is 0. The molecular formula is C24H30N4O3. The van der Waals surface area contributed by atoms with Gasteiger partial charge in [-0.25, -0.2) is 9.78 Å². The maximum absolute atomic E-state index is 12.6. The van der Waals surface area contributed by atoms with Gasteiger partial charge in [0.2, 0.25) is 0 Å². The van der Waals surface area contributed by atoms with Crippen molar-refractivity contribution in [3.05, 3.63) is 59.3 Å². The number of carbonyl (C=O) groups excluding carboxylic acids is 2. The molecule has 1 amide bonds. The van der Waals surface area contributed by atoms with Gasteiger partial charge in [-0.15, -0.1) is 0 Å². The van der Waals surface area contributed by atoms with Gasteiger partial charge in [0.05, 0.1) is 0 Å². The molecule has 0 spiro atoms. The molecule has 0 radical (unpaired) electrons. The van der Waals surface area contributed by atoms with Crippen molar-refractivity contribution in [1.29, 1.82) is 0 Å². The molecule has 7 nitrogen and oxygen atoms in total. The van der Waals surface area contributed by atoms with E-state index in [1.165, 1.54) is 11.1 Å². The van der Waals surface area contributed by atoms with E-state index in [1.54, 1.807) is 23.2 Å². The van der Waals surface area contributed by atoms with E-state index < -0.39 is 5.97 Å². The lowest BCUT2D eigenvalue weighted by molar-refractivity contribution is -0.136. The van der Waals surface area contributed by atoms with Crippen LogP contribution in [0.5, 0.6) is 0 Å². The fraction of sp³-hybridized carbons (Fsp3) is 0.458. The van der Waals surface area contributed by atoms with Crippen LogP contribution in [0.1, 0.15) is 34.3 Å². The van der Waals surface area contributed by atoms with Crippen LogP contribution >= 0.6 is 0 Å². The van der Waals surface area contributed by atoms with Crippen LogP contribution in [0, 0.1) is 6.92 Å². The quantitative estimate of drug-likeness (QED) is 0.667. The van der Waals surface area contributed by atoms with Crippen LogP contribution in [0.25, 0.3) is 0 Å². The first-order chi connectivity index (χ1) is 15.1. The number of benzene rings is 1. The minimum atomic E-state index is -0.485. The monoisotopic (exact) mass is 422 g/mol. The maximum Gasteiger partial charge on any atom is 0.342 e. The van der Waals surface area contributed by atoms with Gasteiger partial charge < -0.3 is 14.5 Å². The Kier molecular flexibility index (Phi) is 6.82. The largest absolute Gasteiger partial charge is 0.452 e. The van der Waals surface area contributed by atoms with E-state index in [1.807, 2.05) is 0 Å². The summed E-state index contributed by atoms with van der Waals surface area (Å²) in [6.07, 6.45) is 3.88. The highest BCUT2D eigenvalue weighted by molar-refractivity contribution is 5.96. The Bertz CT molecular complexity index is 919. The van der Waals surface area contributed by atoms with Crippen LogP contribution in [0.4, 0.5) is 5.82 Å². The highest BCUT2D eigenvalue weighted by Gasteiger charge is 2.25. The molecule has 0 unspecified atom stereocenters. The van der Waals surface area contributed by atoms with Crippen molar-refractivity contribution >= 4 is 17.7 Å². The van der Waals surface area contributed by atoms with E-state index in [0.717, 1.165) is 45.6 Å². The Morgan fingerprint density at radius 1 is 1.00 bits per heavy atom. The Labute approximate surface area is 183 Å². The molecule has 2 saturated heterocycles. The lowest BCUT2D eigenvalue weighted by Gasteiger charge is -2.34. The summed E-state index contributed by atoms with van der Waals surface area (Å²) in [4.78, 5) is 35.8. The number of pyridine rings is 1. The Morgan fingerprint density at radius 3 is 2.52 bits per heavy atom. The van der Waals surface area contributed by atoms with Gasteiger partial charge >= 0.3 is 5.97 Å². The third-order valence-electron chi connectivity index (χ3n) is 5.95. The number of hydrogen-bond acceptors (Lipinski definition) is 6. The molecule has 2 aliphatic rings. The summed E-state index contributed by atoms with van der Waals surface area (Å²) in [6, 6.07) is 12.0. The Hall–Kier alpha value is -2.93. The van der Waals surface area contributed by atoms with E-state index in [4.69, 9.17) is 4.74 Å². The molecule has 1 aromatic heterocycles. The second-order valence-electron chi connectivity index (χ2n) is 8.29. The number of anilines is 1. The number of esters is 1. The van der Waals surface area contributed by atoms with Crippen LogP contribution in [0.15, 0.2) is 42.6 Å². The van der Waals surface area contributed by atoms with Gasteiger partial charge in [-0.3, -0.25) is 9.69 Å². The summed E-state index contributed by atoms with van der Waals surface area (Å²) in [5.74, 6) is 0.0267. The maximum atomic E-state index is 12.6. The van der Waals surface area contributed by atoms with Crippen LogP contribution < -0.4 is 4.90 Å². The second-order valence-corrected chi connectivity index (χ2v) is 8.29. The number of ether oxygens (including phenoxy) is 1. The molecule has 3 heterocycles. The smallest absolute Gasteiger partial charge is 0.342 e. The molecule has 4 rings (SSSR count). The number of rotatable bonds is 6. The minimum absolute atomic E-state index is 0.143. The fourth-order valence-electron chi connectivity index (χ4n) is 4.26. The molecule has 2 fully saturated rings. The van der Waals surface area contributed by atoms with Gasteiger partial charge in [0, 0.05) is 52.0 Å². The highest BCUT2D eigenvalue weighted by Crippen LogP contribution is 2.22. The molecule has 0 aliphatic carbocycles. The standard InChI is InChI=1S/C24H30N4O3/c1-19-6-4-7-20(16-19)17-26-12-14-27(15-13-26)22(29)18-31-24(30)21-8-5-9-25-23(21)28-10-2-3-11-28/h4-9,16H,2-3,10-15,17-18H2,1H3.